The van der Waals surface area contributed by atoms with Crippen molar-refractivity contribution in [3.8, 4) is 0 Å². The molecule has 0 amide bonds. The van der Waals surface area contributed by atoms with Gasteiger partial charge < -0.3 is 0 Å². The summed E-state index contributed by atoms with van der Waals surface area (Å²) < 4.78 is 0. The van der Waals surface area contributed by atoms with E-state index in [1.54, 1.807) is 6.92 Å². The highest BCUT2D eigenvalue weighted by molar-refractivity contribution is 5.81. The molecule has 0 aliphatic rings. The second-order valence-corrected chi connectivity index (χ2v) is 5.60. The van der Waals surface area contributed by atoms with Crippen molar-refractivity contribution in [2.45, 2.75) is 60.8 Å². The fourth-order valence-electron chi connectivity index (χ4n) is 2.11. The Balaban J connectivity index is 4.51. The first-order valence-electron chi connectivity index (χ1n) is 5.22. The molecule has 0 spiro atoms. The van der Waals surface area contributed by atoms with E-state index in [2.05, 4.69) is 34.6 Å². The number of carbonyl (C=O) groups excluding carboxylic acids is 1. The normalized spacial score (nSPS) is 16.8. The molecule has 0 aliphatic carbocycles. The third-order valence-corrected chi connectivity index (χ3v) is 2.57. The quantitative estimate of drug-likeness (QED) is 0.649. The third kappa shape index (κ3) is 4.44. The SMILES string of the molecule is CCCC(C)(CC(C)(C)C)C(C)=O. The fourth-order valence-corrected chi connectivity index (χ4v) is 2.11. The molecule has 0 fully saturated rings. The molecule has 0 aromatic heterocycles. The molecule has 1 heteroatoms. The second-order valence-electron chi connectivity index (χ2n) is 5.60. The van der Waals surface area contributed by atoms with Gasteiger partial charge in [0.05, 0.1) is 0 Å². The van der Waals surface area contributed by atoms with E-state index in [4.69, 9.17) is 0 Å². The molecule has 0 aromatic carbocycles. The molecule has 0 saturated carbocycles. The first-order chi connectivity index (χ1) is 5.71. The Labute approximate surface area is 82.9 Å². The van der Waals surface area contributed by atoms with Crippen LogP contribution in [0.15, 0.2) is 0 Å². The molecule has 13 heavy (non-hydrogen) atoms. The summed E-state index contributed by atoms with van der Waals surface area (Å²) in [7, 11) is 0. The minimum absolute atomic E-state index is 0.104. The maximum Gasteiger partial charge on any atom is 0.135 e. The Morgan fingerprint density at radius 1 is 1.15 bits per heavy atom. The molecule has 0 N–H and O–H groups in total. The predicted molar refractivity (Wildman–Crippen MR) is 57.8 cm³/mol. The van der Waals surface area contributed by atoms with Gasteiger partial charge in [-0.25, -0.2) is 0 Å². The van der Waals surface area contributed by atoms with E-state index in [1.165, 1.54) is 0 Å². The van der Waals surface area contributed by atoms with Crippen molar-refractivity contribution in [1.82, 2.24) is 0 Å². The van der Waals surface area contributed by atoms with Crippen LogP contribution in [0.1, 0.15) is 60.8 Å². The van der Waals surface area contributed by atoms with Gasteiger partial charge >= 0.3 is 0 Å². The van der Waals surface area contributed by atoms with E-state index in [1.807, 2.05) is 0 Å². The Bertz CT molecular complexity index is 176. The zero-order valence-corrected chi connectivity index (χ0v) is 10.0. The highest BCUT2D eigenvalue weighted by Gasteiger charge is 2.33. The molecular formula is C12H24O. The van der Waals surface area contributed by atoms with Crippen molar-refractivity contribution in [1.29, 1.82) is 0 Å². The fraction of sp³-hybridized carbons (Fsp3) is 0.917. The van der Waals surface area contributed by atoms with Gasteiger partial charge in [0.25, 0.3) is 0 Å². The zero-order valence-electron chi connectivity index (χ0n) is 10.0. The highest BCUT2D eigenvalue weighted by Crippen LogP contribution is 2.37. The molecule has 1 atom stereocenters. The first kappa shape index (κ1) is 12.7. The monoisotopic (exact) mass is 184 g/mol. The van der Waals surface area contributed by atoms with Gasteiger partial charge in [0.15, 0.2) is 0 Å². The van der Waals surface area contributed by atoms with Crippen molar-refractivity contribution >= 4 is 5.78 Å². The number of Topliss-reactive ketones (excluding diaryl/α,β-unsaturated/α-hetero) is 1. The zero-order chi connectivity index (χ0) is 10.7. The maximum atomic E-state index is 11.5. The summed E-state index contributed by atoms with van der Waals surface area (Å²) in [5, 5.41) is 0. The minimum atomic E-state index is -0.104. The molecule has 0 saturated heterocycles. The van der Waals surface area contributed by atoms with Crippen LogP contribution in [-0.4, -0.2) is 5.78 Å². The van der Waals surface area contributed by atoms with Gasteiger partial charge in [0, 0.05) is 5.41 Å². The van der Waals surface area contributed by atoms with E-state index in [0.29, 0.717) is 5.78 Å². The van der Waals surface area contributed by atoms with Crippen molar-refractivity contribution in [3.05, 3.63) is 0 Å². The highest BCUT2D eigenvalue weighted by atomic mass is 16.1. The van der Waals surface area contributed by atoms with Crippen LogP contribution in [0, 0.1) is 10.8 Å². The van der Waals surface area contributed by atoms with Gasteiger partial charge in [0.1, 0.15) is 5.78 Å². The molecule has 1 nitrogen and oxygen atoms in total. The lowest BCUT2D eigenvalue weighted by Gasteiger charge is -2.33. The Kier molecular flexibility index (Phi) is 4.15. The maximum absolute atomic E-state index is 11.5. The lowest BCUT2D eigenvalue weighted by molar-refractivity contribution is -0.127. The minimum Gasteiger partial charge on any atom is -0.299 e. The molecule has 78 valence electrons. The summed E-state index contributed by atoms with van der Waals surface area (Å²) in [5.41, 5.74) is 0.141. The summed E-state index contributed by atoms with van der Waals surface area (Å²) in [6.45, 7) is 12.6. The molecule has 0 rings (SSSR count). The molecule has 0 radical (unpaired) electrons. The number of ketones is 1. The van der Waals surface area contributed by atoms with Crippen molar-refractivity contribution in [2.24, 2.45) is 10.8 Å². The van der Waals surface area contributed by atoms with Crippen LogP contribution in [-0.2, 0) is 4.79 Å². The van der Waals surface area contributed by atoms with Crippen LogP contribution in [0.5, 0.6) is 0 Å². The number of rotatable bonds is 4. The van der Waals surface area contributed by atoms with Crippen LogP contribution in [0.3, 0.4) is 0 Å². The molecule has 1 unspecified atom stereocenters. The standard InChI is InChI=1S/C12H24O/c1-7-8-12(6,10(2)13)9-11(3,4)5/h7-9H2,1-6H3. The second kappa shape index (κ2) is 4.26. The number of hydrogen-bond acceptors (Lipinski definition) is 1. The Hall–Kier alpha value is -0.330. The smallest absolute Gasteiger partial charge is 0.135 e. The van der Waals surface area contributed by atoms with Gasteiger partial charge in [-0.05, 0) is 25.2 Å². The van der Waals surface area contributed by atoms with Gasteiger partial charge in [-0.3, -0.25) is 4.79 Å². The van der Waals surface area contributed by atoms with E-state index in [-0.39, 0.29) is 10.8 Å². The molecule has 0 heterocycles. The first-order valence-corrected chi connectivity index (χ1v) is 5.22. The summed E-state index contributed by atoms with van der Waals surface area (Å²) in [4.78, 5) is 11.5. The average molecular weight is 184 g/mol. The van der Waals surface area contributed by atoms with Crippen molar-refractivity contribution in [3.63, 3.8) is 0 Å². The van der Waals surface area contributed by atoms with Gasteiger partial charge in [-0.15, -0.1) is 0 Å². The van der Waals surface area contributed by atoms with Crippen LogP contribution >= 0.6 is 0 Å². The van der Waals surface area contributed by atoms with Crippen LogP contribution in [0.4, 0.5) is 0 Å². The molecular weight excluding hydrogens is 160 g/mol. The topological polar surface area (TPSA) is 17.1 Å². The number of hydrogen-bond donors (Lipinski definition) is 0. The van der Waals surface area contributed by atoms with Crippen molar-refractivity contribution < 1.29 is 4.79 Å². The van der Waals surface area contributed by atoms with Crippen LogP contribution in [0.2, 0.25) is 0 Å². The largest absolute Gasteiger partial charge is 0.299 e. The lowest BCUT2D eigenvalue weighted by atomic mass is 9.70. The number of carbonyl (C=O) groups is 1. The Morgan fingerprint density at radius 2 is 1.62 bits per heavy atom. The van der Waals surface area contributed by atoms with Gasteiger partial charge in [0.2, 0.25) is 0 Å². The summed E-state index contributed by atoms with van der Waals surface area (Å²) in [6.07, 6.45) is 3.09. The summed E-state index contributed by atoms with van der Waals surface area (Å²) in [5.74, 6) is 0.337. The van der Waals surface area contributed by atoms with E-state index in [0.717, 1.165) is 19.3 Å². The summed E-state index contributed by atoms with van der Waals surface area (Å²) in [6, 6.07) is 0. The molecule has 0 aliphatic heterocycles. The van der Waals surface area contributed by atoms with Crippen LogP contribution < -0.4 is 0 Å². The summed E-state index contributed by atoms with van der Waals surface area (Å²) >= 11 is 0. The predicted octanol–water partition coefficient (Wildman–Crippen LogP) is 3.82. The molecule has 0 aromatic rings. The van der Waals surface area contributed by atoms with E-state index >= 15 is 0 Å². The van der Waals surface area contributed by atoms with Gasteiger partial charge in [-0.2, -0.15) is 0 Å². The average Bonchev–Trinajstić information content (AvgIpc) is 1.82. The Morgan fingerprint density at radius 3 is 1.85 bits per heavy atom. The van der Waals surface area contributed by atoms with E-state index < -0.39 is 0 Å². The third-order valence-electron chi connectivity index (χ3n) is 2.57. The van der Waals surface area contributed by atoms with E-state index in [9.17, 15) is 4.79 Å². The molecule has 0 bridgehead atoms. The van der Waals surface area contributed by atoms with Gasteiger partial charge in [-0.1, -0.05) is 41.0 Å². The van der Waals surface area contributed by atoms with Crippen LogP contribution in [0.25, 0.3) is 0 Å². The van der Waals surface area contributed by atoms with Crippen molar-refractivity contribution in [2.75, 3.05) is 0 Å². The lowest BCUT2D eigenvalue weighted by Crippen LogP contribution is -2.30.